The van der Waals surface area contributed by atoms with Gasteiger partial charge in [0.1, 0.15) is 7.05 Å². The number of unbranched alkanes of at least 4 members (excludes halogenated alkanes) is 11. The number of aromatic nitrogens is 1. The lowest BCUT2D eigenvalue weighted by molar-refractivity contribution is -0.671. The number of rotatable bonds is 16. The molecule has 1 rings (SSSR count). The van der Waals surface area contributed by atoms with Crippen molar-refractivity contribution in [3.63, 3.8) is 0 Å². The summed E-state index contributed by atoms with van der Waals surface area (Å²) in [6.45, 7) is 1.05. The molecular formula is C22H41N2O+. The van der Waals surface area contributed by atoms with Crippen molar-refractivity contribution >= 4 is 0 Å². The van der Waals surface area contributed by atoms with Crippen LogP contribution in [0.4, 0.5) is 0 Å². The Hall–Kier alpha value is -0.930. The fourth-order valence-corrected chi connectivity index (χ4v) is 3.32. The van der Waals surface area contributed by atoms with Crippen LogP contribution in [0.25, 0.3) is 0 Å². The molecule has 0 saturated heterocycles. The number of hydrogen-bond donors (Lipinski definition) is 0. The average Bonchev–Trinajstić information content (AvgIpc) is 2.61. The predicted molar refractivity (Wildman–Crippen MR) is 106 cm³/mol. The molecule has 3 nitrogen and oxygen atoms in total. The van der Waals surface area contributed by atoms with Crippen LogP contribution in [-0.2, 0) is 18.3 Å². The highest BCUT2D eigenvalue weighted by Gasteiger charge is 1.99. The zero-order valence-electron chi connectivity index (χ0n) is 17.0. The Morgan fingerprint density at radius 1 is 0.840 bits per heavy atom. The van der Waals surface area contributed by atoms with E-state index in [0.29, 0.717) is 0 Å². The molecule has 0 fully saturated rings. The van der Waals surface area contributed by atoms with E-state index in [-0.39, 0.29) is 0 Å². The van der Waals surface area contributed by atoms with Crippen LogP contribution in [0.3, 0.4) is 0 Å². The Labute approximate surface area is 156 Å². The highest BCUT2D eigenvalue weighted by atomic mass is 16.7. The van der Waals surface area contributed by atoms with E-state index < -0.39 is 0 Å². The quantitative estimate of drug-likeness (QED) is 0.231. The maximum atomic E-state index is 5.12. The summed E-state index contributed by atoms with van der Waals surface area (Å²) in [6.07, 6.45) is 22.2. The van der Waals surface area contributed by atoms with Crippen molar-refractivity contribution < 1.29 is 9.40 Å². The van der Waals surface area contributed by atoms with Gasteiger partial charge in [-0.25, -0.2) is 4.57 Å². The maximum Gasteiger partial charge on any atom is 0.171 e. The van der Waals surface area contributed by atoms with Crippen LogP contribution in [0.15, 0.2) is 24.5 Å². The first-order chi connectivity index (χ1) is 12.2. The summed E-state index contributed by atoms with van der Waals surface area (Å²) in [5.41, 5.74) is 1.47. The van der Waals surface area contributed by atoms with Gasteiger partial charge in [-0.05, 0) is 25.3 Å². The van der Waals surface area contributed by atoms with E-state index in [1.54, 1.807) is 7.11 Å². The van der Waals surface area contributed by atoms with Crippen LogP contribution >= 0.6 is 0 Å². The molecule has 0 spiro atoms. The Morgan fingerprint density at radius 3 is 1.88 bits per heavy atom. The van der Waals surface area contributed by atoms with E-state index in [2.05, 4.69) is 36.1 Å². The summed E-state index contributed by atoms with van der Waals surface area (Å²) in [5, 5.41) is 1.92. The van der Waals surface area contributed by atoms with Gasteiger partial charge in [-0.15, -0.1) is 0 Å². The molecule has 0 radical (unpaired) electrons. The molecule has 0 aliphatic carbocycles. The molecule has 0 N–H and O–H groups in total. The van der Waals surface area contributed by atoms with Crippen molar-refractivity contribution in [2.45, 2.75) is 83.5 Å². The van der Waals surface area contributed by atoms with Crippen molar-refractivity contribution in [3.8, 4) is 0 Å². The summed E-state index contributed by atoms with van der Waals surface area (Å²) >= 11 is 0. The number of aryl methyl sites for hydroxylation is 2. The van der Waals surface area contributed by atoms with E-state index in [9.17, 15) is 0 Å². The lowest BCUT2D eigenvalue weighted by atomic mass is 10.0. The normalized spacial score (nSPS) is 11.4. The molecule has 0 amide bonds. The topological polar surface area (TPSA) is 16.4 Å². The lowest BCUT2D eigenvalue weighted by Crippen LogP contribution is -2.26. The van der Waals surface area contributed by atoms with E-state index >= 15 is 0 Å². The molecule has 0 saturated carbocycles. The number of pyridine rings is 1. The van der Waals surface area contributed by atoms with Crippen molar-refractivity contribution in [2.24, 2.45) is 7.05 Å². The molecular weight excluding hydrogens is 308 g/mol. The molecule has 3 heteroatoms. The molecule has 0 atom stereocenters. The summed E-state index contributed by atoms with van der Waals surface area (Å²) in [7, 11) is 5.84. The van der Waals surface area contributed by atoms with Gasteiger partial charge < -0.3 is 4.84 Å². The lowest BCUT2D eigenvalue weighted by Gasteiger charge is -2.12. The fraction of sp³-hybridized carbons (Fsp3) is 0.773. The van der Waals surface area contributed by atoms with Gasteiger partial charge in [-0.3, -0.25) is 0 Å². The second-order valence-electron chi connectivity index (χ2n) is 7.40. The molecule has 25 heavy (non-hydrogen) atoms. The van der Waals surface area contributed by atoms with Gasteiger partial charge in [0.25, 0.3) is 0 Å². The van der Waals surface area contributed by atoms with Gasteiger partial charge in [-0.2, -0.15) is 5.06 Å². The van der Waals surface area contributed by atoms with Gasteiger partial charge in [-0.1, -0.05) is 64.2 Å². The van der Waals surface area contributed by atoms with E-state index in [0.717, 1.165) is 6.54 Å². The van der Waals surface area contributed by atoms with Gasteiger partial charge in [0.15, 0.2) is 12.4 Å². The first-order valence-corrected chi connectivity index (χ1v) is 10.4. The Kier molecular flexibility index (Phi) is 13.6. The zero-order chi connectivity index (χ0) is 18.2. The summed E-state index contributed by atoms with van der Waals surface area (Å²) in [4.78, 5) is 5.12. The number of hydrogen-bond acceptors (Lipinski definition) is 2. The Morgan fingerprint density at radius 2 is 1.36 bits per heavy atom. The van der Waals surface area contributed by atoms with Crippen LogP contribution < -0.4 is 4.57 Å². The van der Waals surface area contributed by atoms with E-state index in [1.165, 1.54) is 89.0 Å². The second kappa shape index (κ2) is 15.3. The van der Waals surface area contributed by atoms with Gasteiger partial charge in [0.05, 0.1) is 7.11 Å². The van der Waals surface area contributed by atoms with Crippen LogP contribution in [0.2, 0.25) is 0 Å². The summed E-state index contributed by atoms with van der Waals surface area (Å²) in [6, 6.07) is 4.39. The van der Waals surface area contributed by atoms with Crippen LogP contribution in [0.1, 0.15) is 82.6 Å². The molecule has 0 unspecified atom stereocenters. The van der Waals surface area contributed by atoms with Crippen LogP contribution in [0.5, 0.6) is 0 Å². The summed E-state index contributed by atoms with van der Waals surface area (Å²) in [5.74, 6) is 0. The van der Waals surface area contributed by atoms with Crippen molar-refractivity contribution in [3.05, 3.63) is 30.1 Å². The summed E-state index contributed by atoms with van der Waals surface area (Å²) < 4.78 is 2.15. The zero-order valence-corrected chi connectivity index (χ0v) is 17.0. The highest BCUT2D eigenvalue weighted by molar-refractivity contribution is 5.05. The molecule has 0 aliphatic rings. The molecule has 0 bridgehead atoms. The third-order valence-electron chi connectivity index (χ3n) is 5.00. The standard InChI is InChI=1S/C22H41N2O/c1-23-19-16-18-22(21-23)17-14-12-10-8-6-4-5-7-9-11-13-15-20-24(2)25-3/h16,18-19,21H,4-15,17,20H2,1-3H3/q+1. The number of hydroxylamine groups is 2. The predicted octanol–water partition coefficient (Wildman–Crippen LogP) is 5.23. The third kappa shape index (κ3) is 13.0. The average molecular weight is 350 g/mol. The first kappa shape index (κ1) is 22.1. The van der Waals surface area contributed by atoms with Crippen LogP contribution in [0, 0.1) is 0 Å². The molecule has 1 heterocycles. The largest absolute Gasteiger partial charge is 0.303 e. The third-order valence-corrected chi connectivity index (χ3v) is 5.00. The molecule has 0 aromatic carbocycles. The molecule has 1 aromatic heterocycles. The van der Waals surface area contributed by atoms with E-state index in [4.69, 9.17) is 4.84 Å². The fourth-order valence-electron chi connectivity index (χ4n) is 3.32. The van der Waals surface area contributed by atoms with Crippen molar-refractivity contribution in [1.82, 2.24) is 5.06 Å². The monoisotopic (exact) mass is 349 g/mol. The number of nitrogens with zero attached hydrogens (tertiary/aromatic N) is 2. The minimum Gasteiger partial charge on any atom is -0.303 e. The van der Waals surface area contributed by atoms with Crippen LogP contribution in [-0.4, -0.2) is 25.8 Å². The second-order valence-corrected chi connectivity index (χ2v) is 7.40. The molecule has 1 aromatic rings. The molecule has 144 valence electrons. The van der Waals surface area contributed by atoms with Gasteiger partial charge >= 0.3 is 0 Å². The maximum absolute atomic E-state index is 5.12. The van der Waals surface area contributed by atoms with Gasteiger partial charge in [0.2, 0.25) is 0 Å². The Bertz CT molecular complexity index is 422. The smallest absolute Gasteiger partial charge is 0.171 e. The minimum absolute atomic E-state index is 1.05. The molecule has 0 aliphatic heterocycles. The first-order valence-electron chi connectivity index (χ1n) is 10.4. The highest BCUT2D eigenvalue weighted by Crippen LogP contribution is 2.13. The van der Waals surface area contributed by atoms with Crippen molar-refractivity contribution in [1.29, 1.82) is 0 Å². The van der Waals surface area contributed by atoms with Crippen molar-refractivity contribution in [2.75, 3.05) is 20.7 Å². The van der Waals surface area contributed by atoms with E-state index in [1.807, 2.05) is 12.1 Å². The Balaban J connectivity index is 1.77. The minimum atomic E-state index is 1.05. The van der Waals surface area contributed by atoms with Gasteiger partial charge in [0, 0.05) is 25.2 Å². The SMILES string of the molecule is CON(C)CCCCCCCCCCCCCCc1ccc[n+](C)c1.